The van der Waals surface area contributed by atoms with Crippen molar-refractivity contribution in [2.75, 3.05) is 26.4 Å². The molecule has 1 aromatic carbocycles. The average Bonchev–Trinajstić information content (AvgIpc) is 2.82. The van der Waals surface area contributed by atoms with Gasteiger partial charge in [-0.3, -0.25) is 4.79 Å². The number of halogens is 1. The number of carbonyl (C=O) groups is 1. The smallest absolute Gasteiger partial charge is 0.258 e. The lowest BCUT2D eigenvalue weighted by Gasteiger charge is -2.20. The molecular weight excluding hydrogens is 253 g/mol. The molecule has 104 valence electrons. The Balaban J connectivity index is 1.73. The maximum atomic E-state index is 12.9. The molecule has 2 N–H and O–H groups in total. The summed E-state index contributed by atoms with van der Waals surface area (Å²) in [5, 5.41) is 12.5. The van der Waals surface area contributed by atoms with E-state index in [1.165, 1.54) is 18.2 Å². The molecule has 0 spiro atoms. The summed E-state index contributed by atoms with van der Waals surface area (Å²) in [5.74, 6) is -0.502. The fraction of sp³-hybridized carbons (Fsp3) is 0.462. The summed E-state index contributed by atoms with van der Waals surface area (Å²) < 4.78 is 23.1. The molecule has 0 aromatic heterocycles. The second-order valence-corrected chi connectivity index (χ2v) is 4.55. The van der Waals surface area contributed by atoms with Crippen molar-refractivity contribution in [1.29, 1.82) is 0 Å². The van der Waals surface area contributed by atoms with Crippen molar-refractivity contribution < 1.29 is 23.8 Å². The van der Waals surface area contributed by atoms with Crippen molar-refractivity contribution in [2.45, 2.75) is 12.0 Å². The molecule has 2 rings (SSSR count). The van der Waals surface area contributed by atoms with E-state index in [-0.39, 0.29) is 31.4 Å². The van der Waals surface area contributed by atoms with Gasteiger partial charge in [-0.05, 0) is 12.1 Å². The Kier molecular flexibility index (Phi) is 4.34. The average molecular weight is 269 g/mol. The third kappa shape index (κ3) is 4.18. The van der Waals surface area contributed by atoms with E-state index < -0.39 is 11.4 Å². The fourth-order valence-electron chi connectivity index (χ4n) is 1.76. The molecule has 0 saturated carbocycles. The van der Waals surface area contributed by atoms with Gasteiger partial charge in [0.2, 0.25) is 0 Å². The molecule has 1 fully saturated rings. The molecule has 6 heteroatoms. The van der Waals surface area contributed by atoms with Gasteiger partial charge in [0.05, 0.1) is 6.61 Å². The number of amides is 1. The Labute approximate surface area is 110 Å². The molecule has 1 aromatic rings. The zero-order chi connectivity index (χ0) is 13.7. The third-order valence-electron chi connectivity index (χ3n) is 2.86. The fourth-order valence-corrected chi connectivity index (χ4v) is 1.76. The van der Waals surface area contributed by atoms with Crippen LogP contribution in [0.25, 0.3) is 0 Å². The van der Waals surface area contributed by atoms with Crippen LogP contribution in [-0.2, 0) is 9.53 Å². The summed E-state index contributed by atoms with van der Waals surface area (Å²) >= 11 is 0. The minimum atomic E-state index is -0.992. The number of benzene rings is 1. The van der Waals surface area contributed by atoms with Gasteiger partial charge in [0, 0.05) is 25.6 Å². The van der Waals surface area contributed by atoms with Gasteiger partial charge in [-0.2, -0.15) is 0 Å². The highest BCUT2D eigenvalue weighted by Crippen LogP contribution is 2.17. The van der Waals surface area contributed by atoms with Gasteiger partial charge in [-0.1, -0.05) is 6.07 Å². The number of ether oxygens (including phenoxy) is 2. The van der Waals surface area contributed by atoms with Gasteiger partial charge in [-0.25, -0.2) is 4.39 Å². The number of hydrogen-bond acceptors (Lipinski definition) is 4. The first-order valence-corrected chi connectivity index (χ1v) is 6.03. The highest BCUT2D eigenvalue weighted by Gasteiger charge is 2.32. The van der Waals surface area contributed by atoms with Crippen LogP contribution >= 0.6 is 0 Å². The lowest BCUT2D eigenvalue weighted by atomic mass is 10.0. The van der Waals surface area contributed by atoms with Crippen molar-refractivity contribution in [1.82, 2.24) is 5.32 Å². The van der Waals surface area contributed by atoms with Crippen LogP contribution in [0, 0.1) is 5.82 Å². The summed E-state index contributed by atoms with van der Waals surface area (Å²) in [6.07, 6.45) is 0.498. The van der Waals surface area contributed by atoms with Crippen LogP contribution in [0.15, 0.2) is 24.3 Å². The van der Waals surface area contributed by atoms with Gasteiger partial charge < -0.3 is 19.9 Å². The van der Waals surface area contributed by atoms with E-state index in [2.05, 4.69) is 5.32 Å². The molecule has 19 heavy (non-hydrogen) atoms. The lowest BCUT2D eigenvalue weighted by Crippen LogP contribution is -2.44. The van der Waals surface area contributed by atoms with Crippen molar-refractivity contribution in [2.24, 2.45) is 0 Å². The topological polar surface area (TPSA) is 67.8 Å². The van der Waals surface area contributed by atoms with Gasteiger partial charge >= 0.3 is 0 Å². The third-order valence-corrected chi connectivity index (χ3v) is 2.86. The monoisotopic (exact) mass is 269 g/mol. The minimum Gasteiger partial charge on any atom is -0.484 e. The number of carbonyl (C=O) groups excluding carboxylic acids is 1. The number of aliphatic hydroxyl groups is 1. The molecule has 1 aliphatic heterocycles. The van der Waals surface area contributed by atoms with Crippen molar-refractivity contribution in [3.63, 3.8) is 0 Å². The molecule has 1 atom stereocenters. The van der Waals surface area contributed by atoms with Crippen molar-refractivity contribution in [3.05, 3.63) is 30.1 Å². The Morgan fingerprint density at radius 1 is 1.58 bits per heavy atom. The van der Waals surface area contributed by atoms with Gasteiger partial charge in [-0.15, -0.1) is 0 Å². The van der Waals surface area contributed by atoms with Crippen LogP contribution in [0.2, 0.25) is 0 Å². The molecule has 1 unspecified atom stereocenters. The summed E-state index contributed by atoms with van der Waals surface area (Å²) in [7, 11) is 0. The maximum absolute atomic E-state index is 12.9. The second-order valence-electron chi connectivity index (χ2n) is 4.55. The summed E-state index contributed by atoms with van der Waals surface area (Å²) in [5.41, 5.74) is -0.992. The van der Waals surface area contributed by atoms with Crippen molar-refractivity contribution in [3.8, 4) is 5.75 Å². The Bertz CT molecular complexity index is 446. The minimum absolute atomic E-state index is 0.123. The van der Waals surface area contributed by atoms with Crippen LogP contribution in [0.4, 0.5) is 4.39 Å². The Morgan fingerprint density at radius 2 is 2.42 bits per heavy atom. The zero-order valence-corrected chi connectivity index (χ0v) is 10.4. The standard InChI is InChI=1S/C13H16FNO4/c14-10-2-1-3-11(6-10)19-7-12(16)15-8-13(17)4-5-18-9-13/h1-3,6,17H,4-5,7-9H2,(H,15,16). The Hall–Kier alpha value is -1.66. The predicted molar refractivity (Wildman–Crippen MR) is 65.3 cm³/mol. The van der Waals surface area contributed by atoms with E-state index in [9.17, 15) is 14.3 Å². The maximum Gasteiger partial charge on any atom is 0.258 e. The van der Waals surface area contributed by atoms with Crippen molar-refractivity contribution >= 4 is 5.91 Å². The highest BCUT2D eigenvalue weighted by molar-refractivity contribution is 5.77. The molecule has 1 aliphatic rings. The molecule has 1 amide bonds. The predicted octanol–water partition coefficient (Wildman–Crippen LogP) is 0.472. The van der Waals surface area contributed by atoms with E-state index in [0.29, 0.717) is 13.0 Å². The quantitative estimate of drug-likeness (QED) is 0.815. The second kappa shape index (κ2) is 5.99. The summed E-state index contributed by atoms with van der Waals surface area (Å²) in [6.45, 7) is 0.614. The van der Waals surface area contributed by atoms with Gasteiger partial charge in [0.1, 0.15) is 17.2 Å². The van der Waals surface area contributed by atoms with Crippen LogP contribution in [0.5, 0.6) is 5.75 Å². The van der Waals surface area contributed by atoms with E-state index in [0.717, 1.165) is 0 Å². The van der Waals surface area contributed by atoms with Crippen LogP contribution in [0.3, 0.4) is 0 Å². The first kappa shape index (κ1) is 13.8. The van der Waals surface area contributed by atoms with E-state index in [1.807, 2.05) is 0 Å². The first-order valence-electron chi connectivity index (χ1n) is 6.03. The number of hydrogen-bond donors (Lipinski definition) is 2. The molecular formula is C13H16FNO4. The molecule has 0 radical (unpaired) electrons. The van der Waals surface area contributed by atoms with Gasteiger partial charge in [0.15, 0.2) is 6.61 Å². The highest BCUT2D eigenvalue weighted by atomic mass is 19.1. The molecule has 1 saturated heterocycles. The first-order chi connectivity index (χ1) is 9.07. The number of nitrogens with one attached hydrogen (secondary N) is 1. The molecule has 0 bridgehead atoms. The lowest BCUT2D eigenvalue weighted by molar-refractivity contribution is -0.124. The van der Waals surface area contributed by atoms with Crippen LogP contribution in [0.1, 0.15) is 6.42 Å². The largest absolute Gasteiger partial charge is 0.484 e. The van der Waals surface area contributed by atoms with Crippen LogP contribution < -0.4 is 10.1 Å². The van der Waals surface area contributed by atoms with Crippen LogP contribution in [-0.4, -0.2) is 43.0 Å². The molecule has 0 aliphatic carbocycles. The van der Waals surface area contributed by atoms with Gasteiger partial charge in [0.25, 0.3) is 5.91 Å². The van der Waals surface area contributed by atoms with E-state index >= 15 is 0 Å². The summed E-state index contributed by atoms with van der Waals surface area (Å²) in [6, 6.07) is 5.56. The summed E-state index contributed by atoms with van der Waals surface area (Å²) in [4.78, 5) is 11.5. The molecule has 5 nitrogen and oxygen atoms in total. The van der Waals surface area contributed by atoms with E-state index in [1.54, 1.807) is 6.07 Å². The Morgan fingerprint density at radius 3 is 3.11 bits per heavy atom. The zero-order valence-electron chi connectivity index (χ0n) is 10.4. The van der Waals surface area contributed by atoms with E-state index in [4.69, 9.17) is 9.47 Å². The SMILES string of the molecule is O=C(COc1cccc(F)c1)NCC1(O)CCOC1. The normalized spacial score (nSPS) is 22.2. The molecule has 1 heterocycles. The number of rotatable bonds is 5.